The lowest BCUT2D eigenvalue weighted by Gasteiger charge is -2.40. The van der Waals surface area contributed by atoms with Crippen LogP contribution in [0.25, 0.3) is 10.9 Å². The second-order valence-electron chi connectivity index (χ2n) is 5.77. The molecule has 5 heteroatoms. The van der Waals surface area contributed by atoms with Crippen molar-refractivity contribution >= 4 is 22.6 Å². The summed E-state index contributed by atoms with van der Waals surface area (Å²) in [5, 5.41) is 18.3. The topological polar surface area (TPSA) is 66.3 Å². The van der Waals surface area contributed by atoms with E-state index in [9.17, 15) is 9.90 Å². The standard InChI is InChI=1S/C16H19N3O2/c1-10-6-5-9-19(11(10)2)15-12-7-3-4-8-13(12)17-18-14(15)16(20)21/h3-4,7-8,10-11H,5-6,9H2,1-2H3,(H,20,21). The number of nitrogens with zero attached hydrogens (tertiary/aromatic N) is 3. The quantitative estimate of drug-likeness (QED) is 0.919. The average Bonchev–Trinajstić information content (AvgIpc) is 2.49. The van der Waals surface area contributed by atoms with Crippen LogP contribution in [0.15, 0.2) is 24.3 Å². The Bertz CT molecular complexity index is 686. The van der Waals surface area contributed by atoms with Gasteiger partial charge in [-0.1, -0.05) is 25.1 Å². The smallest absolute Gasteiger partial charge is 0.358 e. The second kappa shape index (κ2) is 5.31. The molecule has 0 radical (unpaired) electrons. The molecule has 2 unspecified atom stereocenters. The lowest BCUT2D eigenvalue weighted by Crippen LogP contribution is -2.43. The minimum atomic E-state index is -1.02. The summed E-state index contributed by atoms with van der Waals surface area (Å²) >= 11 is 0. The summed E-state index contributed by atoms with van der Waals surface area (Å²) in [6.45, 7) is 5.24. The minimum Gasteiger partial charge on any atom is -0.476 e. The van der Waals surface area contributed by atoms with Crippen LogP contribution in [0.5, 0.6) is 0 Å². The molecule has 1 aromatic heterocycles. The fourth-order valence-electron chi connectivity index (χ4n) is 3.13. The Balaban J connectivity index is 2.23. The van der Waals surface area contributed by atoms with E-state index in [-0.39, 0.29) is 5.69 Å². The van der Waals surface area contributed by atoms with Gasteiger partial charge in [0.1, 0.15) is 0 Å². The zero-order chi connectivity index (χ0) is 15.0. The highest BCUT2D eigenvalue weighted by molar-refractivity contribution is 6.02. The Labute approximate surface area is 123 Å². The predicted molar refractivity (Wildman–Crippen MR) is 81.7 cm³/mol. The summed E-state index contributed by atoms with van der Waals surface area (Å²) in [5.74, 6) is -0.485. The molecule has 2 heterocycles. The second-order valence-corrected chi connectivity index (χ2v) is 5.77. The molecule has 0 saturated carbocycles. The van der Waals surface area contributed by atoms with Gasteiger partial charge in [-0.3, -0.25) is 0 Å². The Kier molecular flexibility index (Phi) is 3.49. The zero-order valence-electron chi connectivity index (χ0n) is 12.3. The van der Waals surface area contributed by atoms with E-state index >= 15 is 0 Å². The fourth-order valence-corrected chi connectivity index (χ4v) is 3.13. The summed E-state index contributed by atoms with van der Waals surface area (Å²) in [4.78, 5) is 13.8. The fraction of sp³-hybridized carbons (Fsp3) is 0.438. The van der Waals surface area contributed by atoms with Crippen molar-refractivity contribution in [3.63, 3.8) is 0 Å². The number of rotatable bonds is 2. The van der Waals surface area contributed by atoms with Gasteiger partial charge < -0.3 is 10.0 Å². The van der Waals surface area contributed by atoms with Crippen molar-refractivity contribution in [1.29, 1.82) is 0 Å². The molecule has 1 fully saturated rings. The number of aromatic carboxylic acids is 1. The van der Waals surface area contributed by atoms with Crippen LogP contribution in [0, 0.1) is 5.92 Å². The highest BCUT2D eigenvalue weighted by Gasteiger charge is 2.30. The van der Waals surface area contributed by atoms with E-state index in [1.54, 1.807) is 0 Å². The van der Waals surface area contributed by atoms with Gasteiger partial charge >= 0.3 is 5.97 Å². The number of hydrogen-bond acceptors (Lipinski definition) is 4. The molecule has 1 aliphatic heterocycles. The SMILES string of the molecule is CC1CCCN(c2c(C(=O)O)nnc3ccccc23)C1C. The van der Waals surface area contributed by atoms with Gasteiger partial charge in [0.2, 0.25) is 0 Å². The first-order valence-electron chi connectivity index (χ1n) is 7.35. The molecule has 2 atom stereocenters. The average molecular weight is 285 g/mol. The van der Waals surface area contributed by atoms with Crippen molar-refractivity contribution in [2.45, 2.75) is 32.7 Å². The first-order valence-corrected chi connectivity index (χ1v) is 7.35. The third kappa shape index (κ3) is 2.33. The zero-order valence-corrected chi connectivity index (χ0v) is 12.3. The molecule has 1 aromatic carbocycles. The Morgan fingerprint density at radius 2 is 2.05 bits per heavy atom. The molecule has 3 rings (SSSR count). The number of piperidine rings is 1. The van der Waals surface area contributed by atoms with Gasteiger partial charge in [0.25, 0.3) is 0 Å². The number of carboxylic acid groups (broad SMARTS) is 1. The maximum absolute atomic E-state index is 11.6. The summed E-state index contributed by atoms with van der Waals surface area (Å²) in [5.41, 5.74) is 1.50. The van der Waals surface area contributed by atoms with Crippen molar-refractivity contribution in [1.82, 2.24) is 10.2 Å². The van der Waals surface area contributed by atoms with Gasteiger partial charge in [-0.05, 0) is 31.7 Å². The van der Waals surface area contributed by atoms with E-state index in [0.29, 0.717) is 17.6 Å². The molecule has 0 aliphatic carbocycles. The van der Waals surface area contributed by atoms with Crippen LogP contribution in [0.3, 0.4) is 0 Å². The first kappa shape index (κ1) is 13.8. The molecule has 110 valence electrons. The monoisotopic (exact) mass is 285 g/mol. The van der Waals surface area contributed by atoms with Crippen LogP contribution in [0.1, 0.15) is 37.2 Å². The first-order chi connectivity index (χ1) is 10.1. The summed E-state index contributed by atoms with van der Waals surface area (Å²) in [7, 11) is 0. The minimum absolute atomic E-state index is 0.0506. The van der Waals surface area contributed by atoms with E-state index in [2.05, 4.69) is 28.9 Å². The molecule has 0 spiro atoms. The van der Waals surface area contributed by atoms with Gasteiger partial charge in [-0.25, -0.2) is 4.79 Å². The number of hydrogen-bond donors (Lipinski definition) is 1. The largest absolute Gasteiger partial charge is 0.476 e. The van der Waals surface area contributed by atoms with Gasteiger partial charge in [-0.15, -0.1) is 10.2 Å². The van der Waals surface area contributed by atoms with E-state index in [4.69, 9.17) is 0 Å². The van der Waals surface area contributed by atoms with Crippen LogP contribution in [0.4, 0.5) is 5.69 Å². The number of aromatic nitrogens is 2. The van der Waals surface area contributed by atoms with Crippen LogP contribution in [-0.4, -0.2) is 33.9 Å². The summed E-state index contributed by atoms with van der Waals surface area (Å²) in [6.07, 6.45) is 2.25. The maximum Gasteiger partial charge on any atom is 0.358 e. The Morgan fingerprint density at radius 3 is 2.81 bits per heavy atom. The normalized spacial score (nSPS) is 22.5. The highest BCUT2D eigenvalue weighted by Crippen LogP contribution is 2.34. The molecule has 21 heavy (non-hydrogen) atoms. The number of carbonyl (C=O) groups is 1. The Hall–Kier alpha value is -2.17. The van der Waals surface area contributed by atoms with Crippen molar-refractivity contribution < 1.29 is 9.90 Å². The highest BCUT2D eigenvalue weighted by atomic mass is 16.4. The van der Waals surface area contributed by atoms with Crippen LogP contribution < -0.4 is 4.90 Å². The van der Waals surface area contributed by atoms with Gasteiger partial charge in [0.05, 0.1) is 11.2 Å². The van der Waals surface area contributed by atoms with Gasteiger partial charge in [0, 0.05) is 18.0 Å². The van der Waals surface area contributed by atoms with Crippen LogP contribution >= 0.6 is 0 Å². The summed E-state index contributed by atoms with van der Waals surface area (Å²) < 4.78 is 0. The third-order valence-electron chi connectivity index (χ3n) is 4.50. The van der Waals surface area contributed by atoms with Crippen molar-refractivity contribution in [2.75, 3.05) is 11.4 Å². The van der Waals surface area contributed by atoms with Gasteiger partial charge in [0.15, 0.2) is 5.69 Å². The summed E-state index contributed by atoms with van der Waals surface area (Å²) in [6, 6.07) is 7.90. The van der Waals surface area contributed by atoms with Crippen molar-refractivity contribution in [3.05, 3.63) is 30.0 Å². The number of carboxylic acids is 1. The molecule has 5 nitrogen and oxygen atoms in total. The number of benzene rings is 1. The van der Waals surface area contributed by atoms with E-state index in [1.165, 1.54) is 6.42 Å². The molecular weight excluding hydrogens is 266 g/mol. The predicted octanol–water partition coefficient (Wildman–Crippen LogP) is 2.95. The van der Waals surface area contributed by atoms with E-state index in [0.717, 1.165) is 23.9 Å². The van der Waals surface area contributed by atoms with Gasteiger partial charge in [-0.2, -0.15) is 0 Å². The lowest BCUT2D eigenvalue weighted by molar-refractivity contribution is 0.0690. The molecule has 1 N–H and O–H groups in total. The van der Waals surface area contributed by atoms with Crippen LogP contribution in [-0.2, 0) is 0 Å². The lowest BCUT2D eigenvalue weighted by atomic mass is 9.91. The maximum atomic E-state index is 11.6. The van der Waals surface area contributed by atoms with E-state index < -0.39 is 5.97 Å². The molecular formula is C16H19N3O2. The van der Waals surface area contributed by atoms with Crippen LogP contribution in [0.2, 0.25) is 0 Å². The Morgan fingerprint density at radius 1 is 1.29 bits per heavy atom. The van der Waals surface area contributed by atoms with E-state index in [1.807, 2.05) is 24.3 Å². The number of anilines is 1. The molecule has 1 aliphatic rings. The third-order valence-corrected chi connectivity index (χ3v) is 4.50. The van der Waals surface area contributed by atoms with Crippen molar-refractivity contribution in [2.24, 2.45) is 5.92 Å². The molecule has 2 aromatic rings. The molecule has 1 saturated heterocycles. The molecule has 0 amide bonds. The molecule has 0 bridgehead atoms. The number of fused-ring (bicyclic) bond motifs is 1. The van der Waals surface area contributed by atoms with Crippen molar-refractivity contribution in [3.8, 4) is 0 Å².